The lowest BCUT2D eigenvalue weighted by molar-refractivity contribution is 0.414. The van der Waals surface area contributed by atoms with Gasteiger partial charge in [0.2, 0.25) is 0 Å². The molecule has 0 saturated carbocycles. The molecule has 0 bridgehead atoms. The number of methoxy groups -OCH3 is 1. The fraction of sp³-hybridized carbons (Fsp3) is 0.292. The molecule has 32 heavy (non-hydrogen) atoms. The first-order valence-electron chi connectivity index (χ1n) is 10.5. The van der Waals surface area contributed by atoms with E-state index in [4.69, 9.17) is 16.3 Å². The minimum atomic E-state index is -0.403. The zero-order chi connectivity index (χ0) is 22.8. The molecule has 0 saturated heterocycles. The van der Waals surface area contributed by atoms with Crippen molar-refractivity contribution in [2.24, 2.45) is 5.92 Å². The van der Waals surface area contributed by atoms with Gasteiger partial charge in [0.1, 0.15) is 5.75 Å². The SMILES string of the molecule is COc1ccc(Cn2cnc3c2c(=O)n(CCC(C)C)c(=O)n3-c2ccc(Cl)cc2)cc1. The van der Waals surface area contributed by atoms with Crippen LogP contribution in [0, 0.1) is 5.92 Å². The molecule has 0 N–H and O–H groups in total. The smallest absolute Gasteiger partial charge is 0.337 e. The number of hydrogen-bond acceptors (Lipinski definition) is 4. The quantitative estimate of drug-likeness (QED) is 0.423. The molecular weight excluding hydrogens is 428 g/mol. The predicted molar refractivity (Wildman–Crippen MR) is 126 cm³/mol. The topological polar surface area (TPSA) is 71.1 Å². The van der Waals surface area contributed by atoms with Crippen LogP contribution in [-0.4, -0.2) is 25.8 Å². The van der Waals surface area contributed by atoms with Crippen molar-refractivity contribution in [2.45, 2.75) is 33.4 Å². The molecule has 0 radical (unpaired) electrons. The van der Waals surface area contributed by atoms with Gasteiger partial charge < -0.3 is 9.30 Å². The third-order valence-electron chi connectivity index (χ3n) is 5.43. The van der Waals surface area contributed by atoms with Crippen LogP contribution in [0.5, 0.6) is 5.75 Å². The number of imidazole rings is 1. The molecule has 2 heterocycles. The second kappa shape index (κ2) is 9.04. The fourth-order valence-corrected chi connectivity index (χ4v) is 3.76. The van der Waals surface area contributed by atoms with E-state index >= 15 is 0 Å². The van der Waals surface area contributed by atoms with Crippen molar-refractivity contribution in [3.63, 3.8) is 0 Å². The lowest BCUT2D eigenvalue weighted by atomic mass is 10.1. The second-order valence-electron chi connectivity index (χ2n) is 8.13. The summed E-state index contributed by atoms with van der Waals surface area (Å²) in [5, 5.41) is 0.566. The molecule has 8 heteroatoms. The summed E-state index contributed by atoms with van der Waals surface area (Å²) in [7, 11) is 1.62. The molecule has 2 aromatic heterocycles. The Bertz CT molecular complexity index is 1350. The minimum Gasteiger partial charge on any atom is -0.497 e. The predicted octanol–water partition coefficient (Wildman–Crippen LogP) is 4.11. The van der Waals surface area contributed by atoms with E-state index in [1.54, 1.807) is 42.3 Å². The van der Waals surface area contributed by atoms with Crippen LogP contribution < -0.4 is 16.0 Å². The van der Waals surface area contributed by atoms with Crippen LogP contribution in [0.25, 0.3) is 16.9 Å². The third-order valence-corrected chi connectivity index (χ3v) is 5.68. The number of fused-ring (bicyclic) bond motifs is 1. The highest BCUT2D eigenvalue weighted by Crippen LogP contribution is 2.18. The zero-order valence-corrected chi connectivity index (χ0v) is 19.0. The Labute approximate surface area is 190 Å². The molecule has 7 nitrogen and oxygen atoms in total. The van der Waals surface area contributed by atoms with Crippen LogP contribution in [0.15, 0.2) is 64.4 Å². The maximum absolute atomic E-state index is 13.4. The number of nitrogens with zero attached hydrogens (tertiary/aromatic N) is 4. The largest absolute Gasteiger partial charge is 0.497 e. The summed E-state index contributed by atoms with van der Waals surface area (Å²) in [5.41, 5.74) is 1.58. The highest BCUT2D eigenvalue weighted by molar-refractivity contribution is 6.30. The van der Waals surface area contributed by atoms with Crippen molar-refractivity contribution in [3.05, 3.63) is 86.3 Å². The molecule has 0 aliphatic carbocycles. The Kier molecular flexibility index (Phi) is 6.19. The third kappa shape index (κ3) is 4.21. The van der Waals surface area contributed by atoms with E-state index < -0.39 is 5.69 Å². The van der Waals surface area contributed by atoms with Crippen molar-refractivity contribution in [2.75, 3.05) is 7.11 Å². The van der Waals surface area contributed by atoms with Crippen LogP contribution in [0.2, 0.25) is 5.02 Å². The van der Waals surface area contributed by atoms with E-state index in [1.807, 2.05) is 24.3 Å². The summed E-state index contributed by atoms with van der Waals surface area (Å²) < 4.78 is 9.80. The van der Waals surface area contributed by atoms with Crippen molar-refractivity contribution in [3.8, 4) is 11.4 Å². The van der Waals surface area contributed by atoms with Gasteiger partial charge >= 0.3 is 5.69 Å². The van der Waals surface area contributed by atoms with Crippen molar-refractivity contribution >= 4 is 22.8 Å². The van der Waals surface area contributed by atoms with Gasteiger partial charge in [-0.1, -0.05) is 37.6 Å². The minimum absolute atomic E-state index is 0.330. The van der Waals surface area contributed by atoms with Crippen molar-refractivity contribution in [1.82, 2.24) is 18.7 Å². The van der Waals surface area contributed by atoms with Crippen LogP contribution in [0.4, 0.5) is 0 Å². The van der Waals surface area contributed by atoms with Crippen LogP contribution in [0.1, 0.15) is 25.8 Å². The van der Waals surface area contributed by atoms with E-state index in [0.717, 1.165) is 11.3 Å². The molecule has 4 aromatic rings. The molecule has 0 fully saturated rings. The molecule has 0 spiro atoms. The number of hydrogen-bond donors (Lipinski definition) is 0. The van der Waals surface area contributed by atoms with E-state index in [-0.39, 0.29) is 5.56 Å². The number of rotatable bonds is 7. The number of halogens is 1. The first kappa shape index (κ1) is 21.9. The Balaban J connectivity index is 1.91. The average Bonchev–Trinajstić information content (AvgIpc) is 3.18. The molecule has 0 amide bonds. The van der Waals surface area contributed by atoms with Gasteiger partial charge in [0, 0.05) is 18.1 Å². The fourth-order valence-electron chi connectivity index (χ4n) is 3.63. The van der Waals surface area contributed by atoms with Crippen molar-refractivity contribution in [1.29, 1.82) is 0 Å². The van der Waals surface area contributed by atoms with Crippen molar-refractivity contribution < 1.29 is 4.74 Å². The molecule has 166 valence electrons. The van der Waals surface area contributed by atoms with Gasteiger partial charge in [0.25, 0.3) is 5.56 Å². The van der Waals surface area contributed by atoms with E-state index in [1.165, 1.54) is 9.13 Å². The Morgan fingerprint density at radius 2 is 1.72 bits per heavy atom. The van der Waals surface area contributed by atoms with E-state index in [2.05, 4.69) is 18.8 Å². The van der Waals surface area contributed by atoms with Gasteiger partial charge in [-0.2, -0.15) is 0 Å². The number of benzene rings is 2. The maximum atomic E-state index is 13.4. The molecule has 4 rings (SSSR count). The summed E-state index contributed by atoms with van der Waals surface area (Å²) in [4.78, 5) is 31.2. The molecule has 0 aliphatic rings. The van der Waals surface area contributed by atoms with Gasteiger partial charge in [-0.3, -0.25) is 9.36 Å². The standard InChI is InChI=1S/C24H25ClN4O3/c1-16(2)12-13-28-23(30)21-22(29(24(28)31)19-8-6-18(25)7-9-19)26-15-27(21)14-17-4-10-20(32-3)11-5-17/h4-11,15-16H,12-14H2,1-3H3. The molecule has 0 aliphatic heterocycles. The zero-order valence-electron chi connectivity index (χ0n) is 18.3. The van der Waals surface area contributed by atoms with Gasteiger partial charge in [-0.25, -0.2) is 14.3 Å². The maximum Gasteiger partial charge on any atom is 0.337 e. The average molecular weight is 453 g/mol. The summed E-state index contributed by atoms with van der Waals surface area (Å²) in [5.74, 6) is 1.11. The van der Waals surface area contributed by atoms with Crippen LogP contribution in [-0.2, 0) is 13.1 Å². The summed E-state index contributed by atoms with van der Waals surface area (Å²) in [6.45, 7) is 4.91. The van der Waals surface area contributed by atoms with Gasteiger partial charge in [0.15, 0.2) is 11.2 Å². The second-order valence-corrected chi connectivity index (χ2v) is 8.56. The van der Waals surface area contributed by atoms with E-state index in [0.29, 0.717) is 47.3 Å². The Morgan fingerprint density at radius 3 is 2.34 bits per heavy atom. The number of ether oxygens (including phenoxy) is 1. The lowest BCUT2D eigenvalue weighted by Crippen LogP contribution is -2.40. The summed E-state index contributed by atoms with van der Waals surface area (Å²) in [6, 6.07) is 14.6. The molecule has 0 atom stereocenters. The number of aromatic nitrogens is 4. The molecular formula is C24H25ClN4O3. The van der Waals surface area contributed by atoms with Crippen LogP contribution >= 0.6 is 11.6 Å². The normalized spacial score (nSPS) is 11.4. The lowest BCUT2D eigenvalue weighted by Gasteiger charge is -2.14. The highest BCUT2D eigenvalue weighted by atomic mass is 35.5. The first-order chi connectivity index (χ1) is 15.4. The molecule has 0 unspecified atom stereocenters. The molecule has 2 aromatic carbocycles. The monoisotopic (exact) mass is 452 g/mol. The first-order valence-corrected chi connectivity index (χ1v) is 10.9. The van der Waals surface area contributed by atoms with Gasteiger partial charge in [0.05, 0.1) is 19.1 Å². The van der Waals surface area contributed by atoms with Gasteiger partial charge in [-0.15, -0.1) is 0 Å². The van der Waals surface area contributed by atoms with Gasteiger partial charge in [-0.05, 0) is 54.3 Å². The van der Waals surface area contributed by atoms with E-state index in [9.17, 15) is 9.59 Å². The Morgan fingerprint density at radius 1 is 1.03 bits per heavy atom. The Hall–Kier alpha value is -3.32. The van der Waals surface area contributed by atoms with Crippen LogP contribution in [0.3, 0.4) is 0 Å². The highest BCUT2D eigenvalue weighted by Gasteiger charge is 2.19. The summed E-state index contributed by atoms with van der Waals surface area (Å²) >= 11 is 6.04. The summed E-state index contributed by atoms with van der Waals surface area (Å²) in [6.07, 6.45) is 2.32.